The summed E-state index contributed by atoms with van der Waals surface area (Å²) in [6.07, 6.45) is 2.56. The van der Waals surface area contributed by atoms with Crippen molar-refractivity contribution in [2.75, 3.05) is 0 Å². The predicted octanol–water partition coefficient (Wildman–Crippen LogP) is -0.355. The van der Waals surface area contributed by atoms with Crippen molar-refractivity contribution in [3.05, 3.63) is 12.3 Å². The van der Waals surface area contributed by atoms with E-state index < -0.39 is 5.92 Å². The fourth-order valence-corrected chi connectivity index (χ4v) is 0.922. The lowest BCUT2D eigenvalue weighted by Gasteiger charge is -2.11. The Hall–Kier alpha value is -1.45. The summed E-state index contributed by atoms with van der Waals surface area (Å²) >= 11 is 0. The van der Waals surface area contributed by atoms with E-state index in [1.54, 1.807) is 0 Å². The molecule has 1 aliphatic heterocycles. The van der Waals surface area contributed by atoms with Gasteiger partial charge in [0, 0.05) is 12.3 Å². The molecule has 0 aromatic rings. The molecule has 0 saturated heterocycles. The van der Waals surface area contributed by atoms with E-state index in [2.05, 4.69) is 4.99 Å². The molecule has 1 rings (SSSR count). The van der Waals surface area contributed by atoms with E-state index in [9.17, 15) is 9.59 Å². The second-order valence-corrected chi connectivity index (χ2v) is 2.32. The van der Waals surface area contributed by atoms with E-state index in [0.717, 1.165) is 0 Å². The summed E-state index contributed by atoms with van der Waals surface area (Å²) in [4.78, 5) is 25.4. The normalized spacial score (nSPS) is 23.2. The lowest BCUT2D eigenvalue weighted by atomic mass is 9.97. The Bertz CT molecular complexity index is 266. The zero-order valence-electron chi connectivity index (χ0n) is 6.07. The number of carbonyl (C=O) groups excluding carboxylic acids is 2. The largest absolute Gasteiger partial charge is 0.386 e. The Morgan fingerprint density at radius 2 is 2.36 bits per heavy atom. The second kappa shape index (κ2) is 2.65. The number of rotatable bonds is 1. The molecule has 58 valence electrons. The van der Waals surface area contributed by atoms with Crippen LogP contribution in [0.5, 0.6) is 0 Å². The van der Waals surface area contributed by atoms with Gasteiger partial charge in [-0.3, -0.25) is 9.59 Å². The van der Waals surface area contributed by atoms with Gasteiger partial charge in [0.25, 0.3) is 0 Å². The molecule has 0 radical (unpaired) electrons. The van der Waals surface area contributed by atoms with Crippen LogP contribution in [0.4, 0.5) is 0 Å². The average molecular weight is 152 g/mol. The monoisotopic (exact) mass is 152 g/mol. The Labute approximate surface area is 63.8 Å². The van der Waals surface area contributed by atoms with Gasteiger partial charge < -0.3 is 5.73 Å². The van der Waals surface area contributed by atoms with Crippen molar-refractivity contribution in [2.24, 2.45) is 16.6 Å². The molecule has 0 aliphatic carbocycles. The third-order valence-corrected chi connectivity index (χ3v) is 1.45. The maximum atomic E-state index is 11.0. The first-order valence-electron chi connectivity index (χ1n) is 3.17. The van der Waals surface area contributed by atoms with Crippen LogP contribution in [0.25, 0.3) is 0 Å². The fourth-order valence-electron chi connectivity index (χ4n) is 0.922. The molecule has 1 aliphatic rings. The number of amidine groups is 1. The number of aliphatic imine (C=N–C) groups is 1. The van der Waals surface area contributed by atoms with Crippen LogP contribution in [0.2, 0.25) is 0 Å². The van der Waals surface area contributed by atoms with Gasteiger partial charge in [-0.2, -0.15) is 0 Å². The molecule has 4 nitrogen and oxygen atoms in total. The van der Waals surface area contributed by atoms with Crippen LogP contribution in [0.1, 0.15) is 6.92 Å². The number of hydrogen-bond acceptors (Lipinski definition) is 4. The van der Waals surface area contributed by atoms with Gasteiger partial charge in [-0.15, -0.1) is 0 Å². The number of carbonyl (C=O) groups is 2. The molecule has 1 atom stereocenters. The minimum Gasteiger partial charge on any atom is -0.386 e. The number of hydrogen-bond donors (Lipinski definition) is 1. The zero-order valence-corrected chi connectivity index (χ0v) is 6.07. The van der Waals surface area contributed by atoms with Crippen molar-refractivity contribution in [3.8, 4) is 0 Å². The van der Waals surface area contributed by atoms with Gasteiger partial charge in [-0.25, -0.2) is 4.99 Å². The summed E-state index contributed by atoms with van der Waals surface area (Å²) < 4.78 is 0. The molecule has 4 heteroatoms. The van der Waals surface area contributed by atoms with Crippen molar-refractivity contribution >= 4 is 17.4 Å². The summed E-state index contributed by atoms with van der Waals surface area (Å²) in [6.45, 7) is 1.32. The van der Waals surface area contributed by atoms with Gasteiger partial charge in [0.1, 0.15) is 17.5 Å². The van der Waals surface area contributed by atoms with Crippen LogP contribution in [-0.2, 0) is 9.59 Å². The minimum atomic E-state index is -0.847. The summed E-state index contributed by atoms with van der Waals surface area (Å²) in [7, 11) is 0. The lowest BCUT2D eigenvalue weighted by Crippen LogP contribution is -2.36. The SMILES string of the molecule is CC(=O)[C@@H]1C(=O)C=CN=C1N. The molecule has 0 aromatic heterocycles. The van der Waals surface area contributed by atoms with E-state index >= 15 is 0 Å². The second-order valence-electron chi connectivity index (χ2n) is 2.32. The van der Waals surface area contributed by atoms with Crippen LogP contribution < -0.4 is 5.73 Å². The van der Waals surface area contributed by atoms with Gasteiger partial charge in [0.2, 0.25) is 0 Å². The first-order valence-corrected chi connectivity index (χ1v) is 3.17. The van der Waals surface area contributed by atoms with E-state index in [1.807, 2.05) is 0 Å². The molecule has 0 amide bonds. The maximum Gasteiger partial charge on any atom is 0.175 e. The van der Waals surface area contributed by atoms with Crippen molar-refractivity contribution < 1.29 is 9.59 Å². The first-order chi connectivity index (χ1) is 5.13. The molecule has 1 heterocycles. The first kappa shape index (κ1) is 7.65. The molecule has 0 spiro atoms. The summed E-state index contributed by atoms with van der Waals surface area (Å²) in [5, 5.41) is 0. The molecule has 0 fully saturated rings. The van der Waals surface area contributed by atoms with Crippen LogP contribution in [0, 0.1) is 5.92 Å². The number of nitrogens with two attached hydrogens (primary N) is 1. The fraction of sp³-hybridized carbons (Fsp3) is 0.286. The van der Waals surface area contributed by atoms with Gasteiger partial charge in [-0.1, -0.05) is 0 Å². The number of ketones is 2. The van der Waals surface area contributed by atoms with E-state index in [4.69, 9.17) is 5.73 Å². The summed E-state index contributed by atoms with van der Waals surface area (Å²) in [5.74, 6) is -1.31. The van der Waals surface area contributed by atoms with Gasteiger partial charge in [0.15, 0.2) is 5.78 Å². The smallest absolute Gasteiger partial charge is 0.175 e. The van der Waals surface area contributed by atoms with Crippen LogP contribution in [0.3, 0.4) is 0 Å². The highest BCUT2D eigenvalue weighted by Crippen LogP contribution is 2.06. The van der Waals surface area contributed by atoms with Crippen LogP contribution >= 0.6 is 0 Å². The molecule has 0 aromatic carbocycles. The third-order valence-electron chi connectivity index (χ3n) is 1.45. The molecule has 0 saturated carbocycles. The number of allylic oxidation sites excluding steroid dienone is 1. The van der Waals surface area contributed by atoms with Crippen molar-refractivity contribution in [3.63, 3.8) is 0 Å². The molecular weight excluding hydrogens is 144 g/mol. The zero-order chi connectivity index (χ0) is 8.43. The van der Waals surface area contributed by atoms with Gasteiger partial charge in [0.05, 0.1) is 0 Å². The van der Waals surface area contributed by atoms with Crippen LogP contribution in [-0.4, -0.2) is 17.4 Å². The third kappa shape index (κ3) is 1.34. The molecule has 0 unspecified atom stereocenters. The Morgan fingerprint density at radius 1 is 1.73 bits per heavy atom. The van der Waals surface area contributed by atoms with E-state index in [-0.39, 0.29) is 17.4 Å². The molecular formula is C7H8N2O2. The topological polar surface area (TPSA) is 72.5 Å². The summed E-state index contributed by atoms with van der Waals surface area (Å²) in [5.41, 5.74) is 5.33. The predicted molar refractivity (Wildman–Crippen MR) is 39.9 cm³/mol. The number of Topliss-reactive ketones (excluding diaryl/α,β-unsaturated/α-hetero) is 1. The number of nitrogens with zero attached hydrogens (tertiary/aromatic N) is 1. The van der Waals surface area contributed by atoms with Gasteiger partial charge >= 0.3 is 0 Å². The highest BCUT2D eigenvalue weighted by Gasteiger charge is 2.26. The van der Waals surface area contributed by atoms with Gasteiger partial charge in [-0.05, 0) is 6.92 Å². The maximum absolute atomic E-state index is 11.0. The van der Waals surface area contributed by atoms with Crippen LogP contribution in [0.15, 0.2) is 17.3 Å². The quantitative estimate of drug-likeness (QED) is 0.522. The van der Waals surface area contributed by atoms with E-state index in [0.29, 0.717) is 0 Å². The minimum absolute atomic E-state index is 0.0880. The Balaban J connectivity index is 2.95. The molecule has 2 N–H and O–H groups in total. The van der Waals surface area contributed by atoms with Crippen molar-refractivity contribution in [2.45, 2.75) is 6.92 Å². The highest BCUT2D eigenvalue weighted by molar-refractivity contribution is 6.23. The Morgan fingerprint density at radius 3 is 2.73 bits per heavy atom. The van der Waals surface area contributed by atoms with Crippen molar-refractivity contribution in [1.29, 1.82) is 0 Å². The average Bonchev–Trinajstić information content (AvgIpc) is 1.85. The lowest BCUT2D eigenvalue weighted by molar-refractivity contribution is -0.126. The highest BCUT2D eigenvalue weighted by atomic mass is 16.1. The molecule has 0 bridgehead atoms. The molecule has 11 heavy (non-hydrogen) atoms. The summed E-state index contributed by atoms with van der Waals surface area (Å²) in [6, 6.07) is 0. The van der Waals surface area contributed by atoms with E-state index in [1.165, 1.54) is 19.2 Å². The van der Waals surface area contributed by atoms with Crippen molar-refractivity contribution in [1.82, 2.24) is 0 Å². The standard InChI is InChI=1S/C7H8N2O2/c1-4(10)6-5(11)2-3-9-7(6)8/h2-3,6H,1H3,(H2,8,9)/t6-/m1/s1. The Kier molecular flexibility index (Phi) is 1.85.